The molecular weight excluding hydrogens is 174 g/mol. The van der Waals surface area contributed by atoms with E-state index in [-0.39, 0.29) is 11.1 Å². The summed E-state index contributed by atoms with van der Waals surface area (Å²) in [6.45, 7) is 13.0. The Morgan fingerprint density at radius 1 is 1.43 bits per heavy atom. The Hall–Kier alpha value is -0.0800. The number of rotatable bonds is 2. The molecule has 0 amide bonds. The predicted octanol–water partition coefficient (Wildman–Crippen LogP) is 2.53. The average Bonchev–Trinajstić information content (AvgIpc) is 2.22. The van der Waals surface area contributed by atoms with Crippen molar-refractivity contribution in [1.29, 1.82) is 0 Å². The zero-order valence-electron chi connectivity index (χ0n) is 10.6. The monoisotopic (exact) mass is 199 g/mol. The number of hydrogen-bond donors (Lipinski definition) is 0. The van der Waals surface area contributed by atoms with Gasteiger partial charge in [-0.2, -0.15) is 0 Å². The third kappa shape index (κ3) is 2.96. The zero-order valence-corrected chi connectivity index (χ0v) is 10.6. The minimum atomic E-state index is -0.0182. The van der Waals surface area contributed by atoms with E-state index in [4.69, 9.17) is 4.74 Å². The fourth-order valence-electron chi connectivity index (χ4n) is 2.20. The van der Waals surface area contributed by atoms with Crippen LogP contribution in [0.4, 0.5) is 0 Å². The predicted molar refractivity (Wildman–Crippen MR) is 60.5 cm³/mol. The summed E-state index contributed by atoms with van der Waals surface area (Å²) in [6, 6.07) is 0. The SMILES string of the molecule is CC1CN(C)C(C)(COC(C)(C)C)C1. The van der Waals surface area contributed by atoms with Crippen molar-refractivity contribution in [2.75, 3.05) is 20.2 Å². The molecule has 2 nitrogen and oxygen atoms in total. The van der Waals surface area contributed by atoms with Gasteiger partial charge in [0, 0.05) is 12.1 Å². The van der Waals surface area contributed by atoms with Gasteiger partial charge in [0.15, 0.2) is 0 Å². The van der Waals surface area contributed by atoms with E-state index < -0.39 is 0 Å². The molecule has 0 N–H and O–H groups in total. The van der Waals surface area contributed by atoms with Crippen molar-refractivity contribution < 1.29 is 4.74 Å². The van der Waals surface area contributed by atoms with Crippen LogP contribution in [0.1, 0.15) is 41.0 Å². The first-order chi connectivity index (χ1) is 6.23. The number of ether oxygens (including phenoxy) is 1. The van der Waals surface area contributed by atoms with E-state index in [9.17, 15) is 0 Å². The first kappa shape index (κ1) is 12.0. The summed E-state index contributed by atoms with van der Waals surface area (Å²) in [5, 5.41) is 0. The highest BCUT2D eigenvalue weighted by atomic mass is 16.5. The topological polar surface area (TPSA) is 12.5 Å². The Morgan fingerprint density at radius 2 is 2.00 bits per heavy atom. The molecule has 14 heavy (non-hydrogen) atoms. The van der Waals surface area contributed by atoms with E-state index >= 15 is 0 Å². The highest BCUT2D eigenvalue weighted by Gasteiger charge is 2.38. The summed E-state index contributed by atoms with van der Waals surface area (Å²) in [5.74, 6) is 0.800. The minimum absolute atomic E-state index is 0.0182. The summed E-state index contributed by atoms with van der Waals surface area (Å²) < 4.78 is 5.89. The third-order valence-electron chi connectivity index (χ3n) is 3.11. The molecule has 0 bridgehead atoms. The van der Waals surface area contributed by atoms with Crippen molar-refractivity contribution in [3.8, 4) is 0 Å². The molecular formula is C12H25NO. The van der Waals surface area contributed by atoms with Crippen molar-refractivity contribution in [3.05, 3.63) is 0 Å². The van der Waals surface area contributed by atoms with E-state index in [0.29, 0.717) is 0 Å². The van der Waals surface area contributed by atoms with Crippen LogP contribution >= 0.6 is 0 Å². The van der Waals surface area contributed by atoms with Gasteiger partial charge in [-0.3, -0.25) is 4.90 Å². The lowest BCUT2D eigenvalue weighted by molar-refractivity contribution is -0.0519. The average molecular weight is 199 g/mol. The van der Waals surface area contributed by atoms with Crippen LogP contribution in [-0.4, -0.2) is 36.2 Å². The van der Waals surface area contributed by atoms with Gasteiger partial charge < -0.3 is 4.74 Å². The van der Waals surface area contributed by atoms with E-state index in [1.54, 1.807) is 0 Å². The van der Waals surface area contributed by atoms with Gasteiger partial charge in [-0.1, -0.05) is 6.92 Å². The molecule has 1 rings (SSSR count). The molecule has 2 atom stereocenters. The van der Waals surface area contributed by atoms with Crippen LogP contribution in [0, 0.1) is 5.92 Å². The maximum Gasteiger partial charge on any atom is 0.0654 e. The lowest BCUT2D eigenvalue weighted by Gasteiger charge is -2.34. The molecule has 0 aromatic carbocycles. The number of nitrogens with zero attached hydrogens (tertiary/aromatic N) is 1. The zero-order chi connectivity index (χ0) is 11.0. The maximum atomic E-state index is 5.89. The molecule has 1 saturated heterocycles. The molecule has 2 heteroatoms. The van der Waals surface area contributed by atoms with Gasteiger partial charge in [-0.05, 0) is 47.1 Å². The van der Waals surface area contributed by atoms with Gasteiger partial charge in [0.1, 0.15) is 0 Å². The van der Waals surface area contributed by atoms with E-state index in [1.165, 1.54) is 13.0 Å². The van der Waals surface area contributed by atoms with Crippen molar-refractivity contribution >= 4 is 0 Å². The molecule has 0 aromatic rings. The summed E-state index contributed by atoms with van der Waals surface area (Å²) in [7, 11) is 2.20. The number of hydrogen-bond acceptors (Lipinski definition) is 2. The van der Waals surface area contributed by atoms with E-state index in [0.717, 1.165) is 12.5 Å². The van der Waals surface area contributed by atoms with Gasteiger partial charge in [0.05, 0.1) is 12.2 Å². The van der Waals surface area contributed by atoms with Gasteiger partial charge in [0.25, 0.3) is 0 Å². The summed E-state index contributed by atoms with van der Waals surface area (Å²) in [6.07, 6.45) is 1.25. The molecule has 84 valence electrons. The molecule has 1 fully saturated rings. The lowest BCUT2D eigenvalue weighted by Crippen LogP contribution is -2.44. The fourth-order valence-corrected chi connectivity index (χ4v) is 2.20. The number of likely N-dealkylation sites (tertiary alicyclic amines) is 1. The van der Waals surface area contributed by atoms with Crippen LogP contribution in [0.5, 0.6) is 0 Å². The van der Waals surface area contributed by atoms with Crippen LogP contribution in [0.15, 0.2) is 0 Å². The van der Waals surface area contributed by atoms with Crippen LogP contribution in [0.25, 0.3) is 0 Å². The summed E-state index contributed by atoms with van der Waals surface area (Å²) in [4.78, 5) is 2.43. The van der Waals surface area contributed by atoms with Crippen LogP contribution < -0.4 is 0 Å². The Morgan fingerprint density at radius 3 is 2.36 bits per heavy atom. The Bertz CT molecular complexity index is 197. The first-order valence-electron chi connectivity index (χ1n) is 5.58. The smallest absolute Gasteiger partial charge is 0.0654 e. The second-order valence-corrected chi connectivity index (χ2v) is 6.09. The Balaban J connectivity index is 2.50. The standard InChI is InChI=1S/C12H25NO/c1-10-7-12(5,13(6)8-10)9-14-11(2,3)4/h10H,7-9H2,1-6H3. The molecule has 1 heterocycles. The van der Waals surface area contributed by atoms with Gasteiger partial charge in [-0.25, -0.2) is 0 Å². The summed E-state index contributed by atoms with van der Waals surface area (Å²) >= 11 is 0. The summed E-state index contributed by atoms with van der Waals surface area (Å²) in [5.41, 5.74) is 0.225. The fraction of sp³-hybridized carbons (Fsp3) is 1.00. The number of likely N-dealkylation sites (N-methyl/N-ethyl adjacent to an activating group) is 1. The first-order valence-corrected chi connectivity index (χ1v) is 5.58. The maximum absolute atomic E-state index is 5.89. The molecule has 0 spiro atoms. The van der Waals surface area contributed by atoms with Crippen molar-refractivity contribution in [2.24, 2.45) is 5.92 Å². The lowest BCUT2D eigenvalue weighted by atomic mass is 9.96. The van der Waals surface area contributed by atoms with Gasteiger partial charge in [0.2, 0.25) is 0 Å². The molecule has 0 radical (unpaired) electrons. The van der Waals surface area contributed by atoms with Crippen molar-refractivity contribution in [2.45, 2.75) is 52.2 Å². The Labute approximate surface area is 88.6 Å². The molecule has 1 aliphatic rings. The van der Waals surface area contributed by atoms with Gasteiger partial charge >= 0.3 is 0 Å². The third-order valence-corrected chi connectivity index (χ3v) is 3.11. The highest BCUT2D eigenvalue weighted by Crippen LogP contribution is 2.32. The van der Waals surface area contributed by atoms with Crippen molar-refractivity contribution in [3.63, 3.8) is 0 Å². The second kappa shape index (κ2) is 3.82. The van der Waals surface area contributed by atoms with Crippen LogP contribution in [-0.2, 0) is 4.74 Å². The molecule has 1 aliphatic heterocycles. The largest absolute Gasteiger partial charge is 0.374 e. The van der Waals surface area contributed by atoms with E-state index in [2.05, 4.69) is 46.6 Å². The van der Waals surface area contributed by atoms with E-state index in [1.807, 2.05) is 0 Å². The minimum Gasteiger partial charge on any atom is -0.374 e. The van der Waals surface area contributed by atoms with Crippen LogP contribution in [0.2, 0.25) is 0 Å². The quantitative estimate of drug-likeness (QED) is 0.677. The molecule has 2 unspecified atom stereocenters. The van der Waals surface area contributed by atoms with Crippen molar-refractivity contribution in [1.82, 2.24) is 4.90 Å². The second-order valence-electron chi connectivity index (χ2n) is 6.09. The normalized spacial score (nSPS) is 35.1. The highest BCUT2D eigenvalue weighted by molar-refractivity contribution is 4.93. The molecule has 0 aromatic heterocycles. The molecule has 0 aliphatic carbocycles. The molecule has 0 saturated carbocycles. The Kier molecular flexibility index (Phi) is 3.27. The van der Waals surface area contributed by atoms with Gasteiger partial charge in [-0.15, -0.1) is 0 Å². The van der Waals surface area contributed by atoms with Crippen LogP contribution in [0.3, 0.4) is 0 Å².